The van der Waals surface area contributed by atoms with Crippen LogP contribution in [0.4, 0.5) is 5.69 Å². The van der Waals surface area contributed by atoms with Crippen LogP contribution in [0.5, 0.6) is 0 Å². The van der Waals surface area contributed by atoms with Crippen LogP contribution in [-0.4, -0.2) is 11.7 Å². The zero-order valence-corrected chi connectivity index (χ0v) is 11.0. The molecule has 0 saturated heterocycles. The van der Waals surface area contributed by atoms with Gasteiger partial charge >= 0.3 is 0 Å². The summed E-state index contributed by atoms with van der Waals surface area (Å²) in [5.41, 5.74) is 1.03. The van der Waals surface area contributed by atoms with Gasteiger partial charge < -0.3 is 10.4 Å². The Bertz CT molecular complexity index is 443. The summed E-state index contributed by atoms with van der Waals surface area (Å²) in [6.45, 7) is 0.525. The van der Waals surface area contributed by atoms with Crippen LogP contribution in [0.15, 0.2) is 46.3 Å². The van der Waals surface area contributed by atoms with Crippen LogP contribution in [-0.2, 0) is 0 Å². The molecule has 0 spiro atoms. The molecule has 1 unspecified atom stereocenters. The van der Waals surface area contributed by atoms with Crippen LogP contribution in [0.3, 0.4) is 0 Å². The van der Waals surface area contributed by atoms with Crippen LogP contribution in [0, 0.1) is 0 Å². The van der Waals surface area contributed by atoms with Crippen molar-refractivity contribution in [3.8, 4) is 0 Å². The predicted molar refractivity (Wildman–Crippen MR) is 71.9 cm³/mol. The summed E-state index contributed by atoms with van der Waals surface area (Å²) in [7, 11) is 0. The Hall–Kier alpha value is -0.840. The fourth-order valence-corrected chi connectivity index (χ4v) is 2.79. The zero-order chi connectivity index (χ0) is 11.4. The van der Waals surface area contributed by atoms with Gasteiger partial charge in [0.05, 0.1) is 3.79 Å². The number of aliphatic hydroxyl groups excluding tert-OH is 1. The SMILES string of the molecule is OC(CNc1ccccc1)c1ccc(Br)s1. The number of anilines is 1. The van der Waals surface area contributed by atoms with Crippen LogP contribution in [0.1, 0.15) is 11.0 Å². The number of hydrogen-bond acceptors (Lipinski definition) is 3. The van der Waals surface area contributed by atoms with Gasteiger partial charge in [0.2, 0.25) is 0 Å². The third-order valence-corrected chi connectivity index (χ3v) is 3.92. The molecule has 16 heavy (non-hydrogen) atoms. The first kappa shape index (κ1) is 11.6. The third kappa shape index (κ3) is 3.07. The van der Waals surface area contributed by atoms with Crippen molar-refractivity contribution in [2.75, 3.05) is 11.9 Å². The minimum atomic E-state index is -0.462. The number of aliphatic hydroxyl groups is 1. The lowest BCUT2D eigenvalue weighted by molar-refractivity contribution is 0.195. The number of rotatable bonds is 4. The molecule has 2 rings (SSSR count). The van der Waals surface area contributed by atoms with Gasteiger partial charge in [-0.15, -0.1) is 11.3 Å². The average molecular weight is 298 g/mol. The predicted octanol–water partition coefficient (Wildman–Crippen LogP) is 3.66. The van der Waals surface area contributed by atoms with Gasteiger partial charge in [0.25, 0.3) is 0 Å². The summed E-state index contributed by atoms with van der Waals surface area (Å²) < 4.78 is 1.04. The molecule has 0 bridgehead atoms. The third-order valence-electron chi connectivity index (χ3n) is 2.20. The maximum absolute atomic E-state index is 9.92. The molecule has 2 N–H and O–H groups in total. The molecule has 0 aliphatic heterocycles. The minimum Gasteiger partial charge on any atom is -0.386 e. The molecule has 84 valence electrons. The van der Waals surface area contributed by atoms with E-state index in [4.69, 9.17) is 0 Å². The molecule has 2 aromatic rings. The first-order chi connectivity index (χ1) is 7.75. The van der Waals surface area contributed by atoms with E-state index in [2.05, 4.69) is 21.2 Å². The number of hydrogen-bond donors (Lipinski definition) is 2. The van der Waals surface area contributed by atoms with Gasteiger partial charge in [0, 0.05) is 17.1 Å². The topological polar surface area (TPSA) is 32.3 Å². The Morgan fingerprint density at radius 3 is 2.56 bits per heavy atom. The summed E-state index contributed by atoms with van der Waals surface area (Å²) in [6, 6.07) is 13.8. The molecule has 0 aliphatic rings. The second-order valence-corrected chi connectivity index (χ2v) is 5.90. The standard InChI is InChI=1S/C12H12BrNOS/c13-12-7-6-11(16-12)10(15)8-14-9-4-2-1-3-5-9/h1-7,10,14-15H,8H2. The van der Waals surface area contributed by atoms with E-state index in [1.807, 2.05) is 42.5 Å². The molecule has 4 heteroatoms. The molecular formula is C12H12BrNOS. The molecule has 0 aliphatic carbocycles. The van der Waals surface area contributed by atoms with E-state index in [0.717, 1.165) is 14.4 Å². The molecule has 1 heterocycles. The van der Waals surface area contributed by atoms with E-state index in [1.165, 1.54) is 0 Å². The Kier molecular flexibility index (Phi) is 3.98. The van der Waals surface area contributed by atoms with Crippen LogP contribution >= 0.6 is 27.3 Å². The summed E-state index contributed by atoms with van der Waals surface area (Å²) in [5.74, 6) is 0. The van der Waals surface area contributed by atoms with E-state index in [-0.39, 0.29) is 0 Å². The average Bonchev–Trinajstić information content (AvgIpc) is 2.74. The fourth-order valence-electron chi connectivity index (χ4n) is 1.38. The van der Waals surface area contributed by atoms with Gasteiger partial charge in [0.15, 0.2) is 0 Å². The Balaban J connectivity index is 1.91. The van der Waals surface area contributed by atoms with Crippen molar-refractivity contribution in [1.82, 2.24) is 0 Å². The summed E-state index contributed by atoms with van der Waals surface area (Å²) in [4.78, 5) is 0.968. The minimum absolute atomic E-state index is 0.462. The second kappa shape index (κ2) is 5.48. The lowest BCUT2D eigenvalue weighted by atomic mass is 10.2. The molecule has 1 aromatic carbocycles. The van der Waals surface area contributed by atoms with Gasteiger partial charge in [0.1, 0.15) is 6.10 Å². The van der Waals surface area contributed by atoms with Gasteiger partial charge in [-0.1, -0.05) is 18.2 Å². The first-order valence-corrected chi connectivity index (χ1v) is 6.59. The van der Waals surface area contributed by atoms with E-state index < -0.39 is 6.10 Å². The van der Waals surface area contributed by atoms with Crippen LogP contribution in [0.2, 0.25) is 0 Å². The molecule has 0 radical (unpaired) electrons. The molecule has 0 amide bonds. The van der Waals surface area contributed by atoms with E-state index in [0.29, 0.717) is 6.54 Å². The largest absolute Gasteiger partial charge is 0.386 e. The lowest BCUT2D eigenvalue weighted by Gasteiger charge is -2.10. The van der Waals surface area contributed by atoms with Crippen molar-refractivity contribution in [2.45, 2.75) is 6.10 Å². The van der Waals surface area contributed by atoms with Gasteiger partial charge in [-0.05, 0) is 40.2 Å². The van der Waals surface area contributed by atoms with E-state index in [9.17, 15) is 5.11 Å². The highest BCUT2D eigenvalue weighted by Gasteiger charge is 2.09. The Morgan fingerprint density at radius 1 is 1.19 bits per heavy atom. The number of benzene rings is 1. The van der Waals surface area contributed by atoms with Gasteiger partial charge in [-0.3, -0.25) is 0 Å². The van der Waals surface area contributed by atoms with Crippen molar-refractivity contribution in [3.05, 3.63) is 51.1 Å². The van der Waals surface area contributed by atoms with E-state index >= 15 is 0 Å². The van der Waals surface area contributed by atoms with Crippen molar-refractivity contribution >= 4 is 33.0 Å². The molecule has 0 fully saturated rings. The first-order valence-electron chi connectivity index (χ1n) is 4.98. The highest BCUT2D eigenvalue weighted by Crippen LogP contribution is 2.27. The van der Waals surface area contributed by atoms with E-state index in [1.54, 1.807) is 11.3 Å². The molecule has 1 aromatic heterocycles. The monoisotopic (exact) mass is 297 g/mol. The summed E-state index contributed by atoms with van der Waals surface area (Å²) >= 11 is 4.94. The number of nitrogens with one attached hydrogen (secondary N) is 1. The molecule has 1 atom stereocenters. The maximum Gasteiger partial charge on any atom is 0.105 e. The number of thiophene rings is 1. The van der Waals surface area contributed by atoms with Crippen LogP contribution in [0.25, 0.3) is 0 Å². The Labute approximate surface area is 107 Å². The smallest absolute Gasteiger partial charge is 0.105 e. The molecule has 0 saturated carbocycles. The lowest BCUT2D eigenvalue weighted by Crippen LogP contribution is -2.10. The second-order valence-electron chi connectivity index (χ2n) is 3.40. The quantitative estimate of drug-likeness (QED) is 0.903. The number of para-hydroxylation sites is 1. The number of halogens is 1. The maximum atomic E-state index is 9.92. The molecule has 2 nitrogen and oxygen atoms in total. The summed E-state index contributed by atoms with van der Waals surface area (Å²) in [6.07, 6.45) is -0.462. The van der Waals surface area contributed by atoms with Crippen molar-refractivity contribution in [3.63, 3.8) is 0 Å². The highest BCUT2D eigenvalue weighted by atomic mass is 79.9. The normalized spacial score (nSPS) is 12.4. The highest BCUT2D eigenvalue weighted by molar-refractivity contribution is 9.11. The van der Waals surface area contributed by atoms with Gasteiger partial charge in [-0.25, -0.2) is 0 Å². The summed E-state index contributed by atoms with van der Waals surface area (Å²) in [5, 5.41) is 13.1. The zero-order valence-electron chi connectivity index (χ0n) is 8.56. The molecular weight excluding hydrogens is 286 g/mol. The van der Waals surface area contributed by atoms with Crippen LogP contribution < -0.4 is 5.32 Å². The van der Waals surface area contributed by atoms with Crippen molar-refractivity contribution < 1.29 is 5.11 Å². The van der Waals surface area contributed by atoms with Crippen molar-refractivity contribution in [1.29, 1.82) is 0 Å². The van der Waals surface area contributed by atoms with Crippen molar-refractivity contribution in [2.24, 2.45) is 0 Å². The van der Waals surface area contributed by atoms with Gasteiger partial charge in [-0.2, -0.15) is 0 Å². The fraction of sp³-hybridized carbons (Fsp3) is 0.167. The Morgan fingerprint density at radius 2 is 1.94 bits per heavy atom.